The summed E-state index contributed by atoms with van der Waals surface area (Å²) in [5.41, 5.74) is -0.189. The first-order chi connectivity index (χ1) is 10.6. The van der Waals surface area contributed by atoms with Gasteiger partial charge >= 0.3 is 0 Å². The third kappa shape index (κ3) is 2.33. The Kier molecular flexibility index (Phi) is 4.18. The molecule has 0 aromatic heterocycles. The Balaban J connectivity index is 1.99. The maximum Gasteiger partial charge on any atom is 0.0772 e. The van der Waals surface area contributed by atoms with Gasteiger partial charge in [0.05, 0.1) is 17.3 Å². The highest BCUT2D eigenvalue weighted by atomic mass is 16.5. The van der Waals surface area contributed by atoms with Crippen LogP contribution in [0.2, 0.25) is 0 Å². The second-order valence-electron chi connectivity index (χ2n) is 9.74. The van der Waals surface area contributed by atoms with Gasteiger partial charge in [0.1, 0.15) is 0 Å². The van der Waals surface area contributed by atoms with Crippen LogP contribution in [-0.4, -0.2) is 34.1 Å². The van der Waals surface area contributed by atoms with Gasteiger partial charge in [0, 0.05) is 12.0 Å². The highest BCUT2D eigenvalue weighted by molar-refractivity contribution is 5.16. The summed E-state index contributed by atoms with van der Waals surface area (Å²) in [6.07, 6.45) is 7.00. The predicted octanol–water partition coefficient (Wildman–Crippen LogP) is 3.91. The number of hydrogen-bond donors (Lipinski definition) is 2. The molecule has 3 fully saturated rings. The third-order valence-corrected chi connectivity index (χ3v) is 8.21. The van der Waals surface area contributed by atoms with Gasteiger partial charge in [-0.15, -0.1) is 0 Å². The second kappa shape index (κ2) is 5.44. The van der Waals surface area contributed by atoms with Gasteiger partial charge in [-0.3, -0.25) is 0 Å². The van der Waals surface area contributed by atoms with E-state index in [0.29, 0.717) is 11.8 Å². The molecular formula is C20H36O3. The van der Waals surface area contributed by atoms with Gasteiger partial charge in [-0.25, -0.2) is 0 Å². The van der Waals surface area contributed by atoms with Gasteiger partial charge in [-0.05, 0) is 69.1 Å². The lowest BCUT2D eigenvalue weighted by Gasteiger charge is -2.64. The first-order valence-electron chi connectivity index (χ1n) is 9.60. The third-order valence-electron chi connectivity index (χ3n) is 8.21. The van der Waals surface area contributed by atoms with E-state index in [1.54, 1.807) is 0 Å². The predicted molar refractivity (Wildman–Crippen MR) is 92.2 cm³/mol. The van der Waals surface area contributed by atoms with Crippen molar-refractivity contribution >= 4 is 0 Å². The van der Waals surface area contributed by atoms with Gasteiger partial charge in [0.2, 0.25) is 0 Å². The normalized spacial score (nSPS) is 52.6. The quantitative estimate of drug-likeness (QED) is 0.809. The van der Waals surface area contributed by atoms with Crippen LogP contribution in [0.25, 0.3) is 0 Å². The summed E-state index contributed by atoms with van der Waals surface area (Å²) in [4.78, 5) is 0. The highest BCUT2D eigenvalue weighted by Crippen LogP contribution is 2.67. The highest BCUT2D eigenvalue weighted by Gasteiger charge is 2.67. The Hall–Kier alpha value is -0.120. The Morgan fingerprint density at radius 3 is 2.35 bits per heavy atom. The van der Waals surface area contributed by atoms with Crippen LogP contribution in [0.1, 0.15) is 79.6 Å². The SMILES string of the molecule is CC1CCC2C(C)(C)C(O)CCC2(C)C12CCC(C)(CCO)O2. The monoisotopic (exact) mass is 324 g/mol. The van der Waals surface area contributed by atoms with E-state index in [2.05, 4.69) is 34.6 Å². The van der Waals surface area contributed by atoms with Crippen LogP contribution in [0, 0.1) is 22.7 Å². The zero-order chi connectivity index (χ0) is 17.1. The van der Waals surface area contributed by atoms with Gasteiger partial charge in [0.15, 0.2) is 0 Å². The fourth-order valence-electron chi connectivity index (χ4n) is 6.60. The topological polar surface area (TPSA) is 49.7 Å². The minimum absolute atomic E-state index is 0.0422. The van der Waals surface area contributed by atoms with E-state index >= 15 is 0 Å². The van der Waals surface area contributed by atoms with Crippen LogP contribution < -0.4 is 0 Å². The molecule has 1 spiro atoms. The van der Waals surface area contributed by atoms with E-state index in [1.807, 2.05) is 0 Å². The Morgan fingerprint density at radius 2 is 1.70 bits per heavy atom. The molecule has 3 rings (SSSR count). The molecule has 3 heteroatoms. The van der Waals surface area contributed by atoms with Crippen molar-refractivity contribution in [3.63, 3.8) is 0 Å². The Labute approximate surface area is 141 Å². The molecule has 3 aliphatic rings. The Morgan fingerprint density at radius 1 is 1.00 bits per heavy atom. The van der Waals surface area contributed by atoms with E-state index in [-0.39, 0.29) is 34.7 Å². The molecule has 2 aliphatic carbocycles. The fraction of sp³-hybridized carbons (Fsp3) is 1.00. The molecule has 0 bridgehead atoms. The van der Waals surface area contributed by atoms with E-state index in [0.717, 1.165) is 32.1 Å². The van der Waals surface area contributed by atoms with E-state index < -0.39 is 0 Å². The molecule has 0 amide bonds. The maximum atomic E-state index is 10.6. The summed E-state index contributed by atoms with van der Waals surface area (Å²) < 4.78 is 6.89. The number of hydrogen-bond acceptors (Lipinski definition) is 3. The van der Waals surface area contributed by atoms with Crippen molar-refractivity contribution < 1.29 is 14.9 Å². The molecule has 0 aromatic carbocycles. The van der Waals surface area contributed by atoms with Crippen LogP contribution in [-0.2, 0) is 4.74 Å². The molecule has 2 saturated carbocycles. The Bertz CT molecular complexity index is 462. The number of fused-ring (bicyclic) bond motifs is 2. The maximum absolute atomic E-state index is 10.6. The number of aliphatic hydroxyl groups is 2. The van der Waals surface area contributed by atoms with Crippen molar-refractivity contribution in [1.82, 2.24) is 0 Å². The zero-order valence-corrected chi connectivity index (χ0v) is 15.7. The number of rotatable bonds is 2. The number of aliphatic hydroxyl groups excluding tert-OH is 2. The van der Waals surface area contributed by atoms with Crippen molar-refractivity contribution in [3.05, 3.63) is 0 Å². The number of ether oxygens (including phenoxy) is 1. The second-order valence-corrected chi connectivity index (χ2v) is 9.74. The lowest BCUT2D eigenvalue weighted by molar-refractivity contribution is -0.259. The molecular weight excluding hydrogens is 288 g/mol. The van der Waals surface area contributed by atoms with Crippen molar-refractivity contribution in [3.8, 4) is 0 Å². The molecule has 23 heavy (non-hydrogen) atoms. The zero-order valence-electron chi connectivity index (χ0n) is 15.7. The van der Waals surface area contributed by atoms with Crippen LogP contribution >= 0.6 is 0 Å². The smallest absolute Gasteiger partial charge is 0.0772 e. The molecule has 0 aromatic rings. The van der Waals surface area contributed by atoms with Gasteiger partial charge < -0.3 is 14.9 Å². The van der Waals surface area contributed by atoms with Gasteiger partial charge in [0.25, 0.3) is 0 Å². The summed E-state index contributed by atoms with van der Waals surface area (Å²) in [5.74, 6) is 1.06. The lowest BCUT2D eigenvalue weighted by atomic mass is 9.44. The first-order valence-corrected chi connectivity index (χ1v) is 9.60. The van der Waals surface area contributed by atoms with E-state index in [9.17, 15) is 10.2 Å². The molecule has 0 radical (unpaired) electrons. The minimum atomic E-state index is -0.198. The summed E-state index contributed by atoms with van der Waals surface area (Å²) in [5, 5.41) is 20.0. The van der Waals surface area contributed by atoms with E-state index in [4.69, 9.17) is 4.74 Å². The average molecular weight is 325 g/mol. The molecule has 6 unspecified atom stereocenters. The van der Waals surface area contributed by atoms with Crippen molar-refractivity contribution in [1.29, 1.82) is 0 Å². The molecule has 6 atom stereocenters. The van der Waals surface area contributed by atoms with Crippen LogP contribution in [0.3, 0.4) is 0 Å². The van der Waals surface area contributed by atoms with Crippen LogP contribution in [0.5, 0.6) is 0 Å². The van der Waals surface area contributed by atoms with Gasteiger partial charge in [-0.1, -0.05) is 27.7 Å². The summed E-state index contributed by atoms with van der Waals surface area (Å²) >= 11 is 0. The summed E-state index contributed by atoms with van der Waals surface area (Å²) in [6, 6.07) is 0. The molecule has 1 saturated heterocycles. The van der Waals surface area contributed by atoms with Crippen molar-refractivity contribution in [2.24, 2.45) is 22.7 Å². The van der Waals surface area contributed by atoms with Crippen LogP contribution in [0.15, 0.2) is 0 Å². The minimum Gasteiger partial charge on any atom is -0.396 e. The standard InChI is InChI=1S/C20H36O3/c1-14-6-7-15-17(2,3)16(22)8-9-19(15,5)20(14)11-10-18(4,23-20)12-13-21/h14-16,21-22H,6-13H2,1-5H3. The van der Waals surface area contributed by atoms with Crippen LogP contribution in [0.4, 0.5) is 0 Å². The molecule has 1 heterocycles. The molecule has 134 valence electrons. The molecule has 3 nitrogen and oxygen atoms in total. The van der Waals surface area contributed by atoms with E-state index in [1.165, 1.54) is 12.8 Å². The lowest BCUT2D eigenvalue weighted by Crippen LogP contribution is -2.65. The largest absolute Gasteiger partial charge is 0.396 e. The van der Waals surface area contributed by atoms with Crippen molar-refractivity contribution in [2.75, 3.05) is 6.61 Å². The summed E-state index contributed by atoms with van der Waals surface area (Å²) in [7, 11) is 0. The van der Waals surface area contributed by atoms with Gasteiger partial charge in [-0.2, -0.15) is 0 Å². The average Bonchev–Trinajstić information content (AvgIpc) is 2.81. The fourth-order valence-corrected chi connectivity index (χ4v) is 6.60. The summed E-state index contributed by atoms with van der Waals surface area (Å²) in [6.45, 7) is 11.7. The first kappa shape index (κ1) is 17.7. The van der Waals surface area contributed by atoms with Crippen molar-refractivity contribution in [2.45, 2.75) is 96.9 Å². The molecule has 1 aliphatic heterocycles. The molecule has 2 N–H and O–H groups in total.